The van der Waals surface area contributed by atoms with Crippen LogP contribution in [0.1, 0.15) is 35.7 Å². The lowest BCUT2D eigenvalue weighted by Gasteiger charge is -2.32. The molecule has 0 unspecified atom stereocenters. The molecule has 30 heavy (non-hydrogen) atoms. The second-order valence-corrected chi connectivity index (χ2v) is 7.77. The molecular weight excluding hydrogens is 380 g/mol. The minimum absolute atomic E-state index is 0.0474. The van der Waals surface area contributed by atoms with Crippen LogP contribution in [0, 0.1) is 6.92 Å². The predicted molar refractivity (Wildman–Crippen MR) is 115 cm³/mol. The van der Waals surface area contributed by atoms with Crippen molar-refractivity contribution >= 4 is 22.8 Å². The van der Waals surface area contributed by atoms with Gasteiger partial charge in [-0.25, -0.2) is 4.79 Å². The van der Waals surface area contributed by atoms with Crippen LogP contribution in [0.2, 0.25) is 0 Å². The zero-order valence-electron chi connectivity index (χ0n) is 17.1. The van der Waals surface area contributed by atoms with Crippen molar-refractivity contribution in [3.05, 3.63) is 70.1 Å². The van der Waals surface area contributed by atoms with E-state index in [1.54, 1.807) is 17.0 Å². The van der Waals surface area contributed by atoms with E-state index in [1.807, 2.05) is 37.3 Å². The number of nitrogens with zero attached hydrogens (tertiary/aromatic N) is 1. The molecule has 2 aromatic carbocycles. The molecule has 154 valence electrons. The van der Waals surface area contributed by atoms with E-state index in [0.29, 0.717) is 24.2 Å². The topological polar surface area (TPSA) is 79.6 Å². The highest BCUT2D eigenvalue weighted by Crippen LogP contribution is 2.30. The van der Waals surface area contributed by atoms with E-state index < -0.39 is 5.63 Å². The van der Waals surface area contributed by atoms with Crippen LogP contribution in [0.3, 0.4) is 0 Å². The molecule has 0 atom stereocenters. The molecule has 1 saturated heterocycles. The lowest BCUT2D eigenvalue weighted by molar-refractivity contribution is -0.119. The van der Waals surface area contributed by atoms with E-state index in [2.05, 4.69) is 5.32 Å². The average molecular weight is 404 g/mol. The van der Waals surface area contributed by atoms with Gasteiger partial charge in [-0.3, -0.25) is 9.59 Å². The third kappa shape index (κ3) is 3.99. The molecule has 0 radical (unpaired) electrons. The summed E-state index contributed by atoms with van der Waals surface area (Å²) in [5.74, 6) is -0.143. The predicted octanol–water partition coefficient (Wildman–Crippen LogP) is 3.51. The van der Waals surface area contributed by atoms with E-state index in [0.717, 1.165) is 34.9 Å². The first-order chi connectivity index (χ1) is 14.4. The van der Waals surface area contributed by atoms with E-state index in [4.69, 9.17) is 4.42 Å². The third-order valence-electron chi connectivity index (χ3n) is 5.62. The fourth-order valence-electron chi connectivity index (χ4n) is 4.09. The number of carbonyl (C=O) groups excluding carboxylic acids is 2. The molecule has 1 aromatic heterocycles. The highest BCUT2D eigenvalue weighted by molar-refractivity contribution is 6.01. The van der Waals surface area contributed by atoms with Crippen molar-refractivity contribution in [1.82, 2.24) is 10.2 Å². The lowest BCUT2D eigenvalue weighted by atomic mass is 9.97. The van der Waals surface area contributed by atoms with E-state index in [9.17, 15) is 14.4 Å². The summed E-state index contributed by atoms with van der Waals surface area (Å²) in [4.78, 5) is 38.2. The SMILES string of the molecule is CC(=O)NC1CCN(C(=O)c2ccc3c(-c4ccccc4C)cc(=O)oc3c2)CC1. The minimum atomic E-state index is -0.443. The second-order valence-electron chi connectivity index (χ2n) is 7.77. The summed E-state index contributed by atoms with van der Waals surface area (Å²) in [6.07, 6.45) is 1.46. The Labute approximate surface area is 174 Å². The normalized spacial score (nSPS) is 14.7. The monoisotopic (exact) mass is 404 g/mol. The Hall–Kier alpha value is -3.41. The summed E-state index contributed by atoms with van der Waals surface area (Å²) in [5, 5.41) is 3.71. The van der Waals surface area contributed by atoms with Gasteiger partial charge in [-0.2, -0.15) is 0 Å². The Balaban J connectivity index is 1.63. The molecule has 2 amide bonds. The maximum absolute atomic E-state index is 13.0. The van der Waals surface area contributed by atoms with Gasteiger partial charge < -0.3 is 14.6 Å². The fourth-order valence-corrected chi connectivity index (χ4v) is 4.09. The molecule has 1 N–H and O–H groups in total. The number of likely N-dealkylation sites (tertiary alicyclic amines) is 1. The number of nitrogens with one attached hydrogen (secondary N) is 1. The molecule has 4 rings (SSSR count). The van der Waals surface area contributed by atoms with Crippen molar-refractivity contribution < 1.29 is 14.0 Å². The molecule has 1 aliphatic heterocycles. The summed E-state index contributed by atoms with van der Waals surface area (Å²) < 4.78 is 5.43. The fraction of sp³-hybridized carbons (Fsp3) is 0.292. The van der Waals surface area contributed by atoms with Crippen LogP contribution in [0.15, 0.2) is 57.7 Å². The number of rotatable bonds is 3. The summed E-state index contributed by atoms with van der Waals surface area (Å²) in [5.41, 5.74) is 3.28. The van der Waals surface area contributed by atoms with Gasteiger partial charge in [0.15, 0.2) is 0 Å². The highest BCUT2D eigenvalue weighted by Gasteiger charge is 2.24. The molecule has 6 nitrogen and oxygen atoms in total. The van der Waals surface area contributed by atoms with Gasteiger partial charge in [0.1, 0.15) is 5.58 Å². The zero-order valence-corrected chi connectivity index (χ0v) is 17.1. The molecule has 1 aliphatic rings. The van der Waals surface area contributed by atoms with Gasteiger partial charge in [-0.05, 0) is 49.1 Å². The van der Waals surface area contributed by atoms with Crippen LogP contribution >= 0.6 is 0 Å². The lowest BCUT2D eigenvalue weighted by Crippen LogP contribution is -2.46. The standard InChI is InChI=1S/C24H24N2O4/c1-15-5-3-4-6-19(15)21-14-23(28)30-22-13-17(7-8-20(21)22)24(29)26-11-9-18(10-12-26)25-16(2)27/h3-8,13-14,18H,9-12H2,1-2H3,(H,25,27). The van der Waals surface area contributed by atoms with Crippen LogP contribution in [-0.2, 0) is 4.79 Å². The molecule has 3 aromatic rings. The zero-order chi connectivity index (χ0) is 21.3. The largest absolute Gasteiger partial charge is 0.423 e. The van der Waals surface area contributed by atoms with Crippen LogP contribution in [0.25, 0.3) is 22.1 Å². The number of carbonyl (C=O) groups is 2. The number of benzene rings is 2. The number of amides is 2. The Morgan fingerprint density at radius 1 is 1.03 bits per heavy atom. The molecule has 0 aliphatic carbocycles. The summed E-state index contributed by atoms with van der Waals surface area (Å²) >= 11 is 0. The number of fused-ring (bicyclic) bond motifs is 1. The molecule has 6 heteroatoms. The first-order valence-corrected chi connectivity index (χ1v) is 10.1. The molecule has 0 spiro atoms. The number of hydrogen-bond donors (Lipinski definition) is 1. The minimum Gasteiger partial charge on any atom is -0.423 e. The van der Waals surface area contributed by atoms with Gasteiger partial charge in [-0.1, -0.05) is 24.3 Å². The smallest absolute Gasteiger partial charge is 0.336 e. The van der Waals surface area contributed by atoms with Crippen molar-refractivity contribution in [3.8, 4) is 11.1 Å². The van der Waals surface area contributed by atoms with Gasteiger partial charge in [0.05, 0.1) is 0 Å². The molecule has 2 heterocycles. The van der Waals surface area contributed by atoms with Gasteiger partial charge in [0.2, 0.25) is 5.91 Å². The van der Waals surface area contributed by atoms with E-state index in [1.165, 1.54) is 13.0 Å². The van der Waals surface area contributed by atoms with E-state index in [-0.39, 0.29) is 17.9 Å². The molecule has 0 bridgehead atoms. The van der Waals surface area contributed by atoms with Gasteiger partial charge in [0.25, 0.3) is 5.91 Å². The van der Waals surface area contributed by atoms with Crippen LogP contribution in [-0.4, -0.2) is 35.8 Å². The van der Waals surface area contributed by atoms with Gasteiger partial charge in [0, 0.05) is 48.6 Å². The Morgan fingerprint density at radius 3 is 2.47 bits per heavy atom. The first kappa shape index (κ1) is 19.9. The summed E-state index contributed by atoms with van der Waals surface area (Å²) in [7, 11) is 0. The van der Waals surface area contributed by atoms with E-state index >= 15 is 0 Å². The summed E-state index contributed by atoms with van der Waals surface area (Å²) in [6, 6.07) is 14.8. The highest BCUT2D eigenvalue weighted by atomic mass is 16.4. The molecule has 0 saturated carbocycles. The Kier molecular flexibility index (Phi) is 5.40. The van der Waals surface area contributed by atoms with Crippen LogP contribution in [0.4, 0.5) is 0 Å². The van der Waals surface area contributed by atoms with Crippen molar-refractivity contribution in [2.24, 2.45) is 0 Å². The van der Waals surface area contributed by atoms with Crippen molar-refractivity contribution in [2.75, 3.05) is 13.1 Å². The van der Waals surface area contributed by atoms with Crippen molar-refractivity contribution in [2.45, 2.75) is 32.7 Å². The average Bonchev–Trinajstić information content (AvgIpc) is 2.72. The van der Waals surface area contributed by atoms with Crippen LogP contribution in [0.5, 0.6) is 0 Å². The maximum Gasteiger partial charge on any atom is 0.336 e. The first-order valence-electron chi connectivity index (χ1n) is 10.1. The quantitative estimate of drug-likeness (QED) is 0.678. The third-order valence-corrected chi connectivity index (χ3v) is 5.62. The molecule has 1 fully saturated rings. The number of hydrogen-bond acceptors (Lipinski definition) is 4. The Morgan fingerprint density at radius 2 is 1.77 bits per heavy atom. The second kappa shape index (κ2) is 8.14. The summed E-state index contributed by atoms with van der Waals surface area (Å²) in [6.45, 7) is 4.66. The van der Waals surface area contributed by atoms with Crippen LogP contribution < -0.4 is 10.9 Å². The maximum atomic E-state index is 13.0. The van der Waals surface area contributed by atoms with Gasteiger partial charge >= 0.3 is 5.63 Å². The Bertz CT molecular complexity index is 1170. The number of aryl methyl sites for hydroxylation is 1. The van der Waals surface area contributed by atoms with Crippen molar-refractivity contribution in [1.29, 1.82) is 0 Å². The van der Waals surface area contributed by atoms with Crippen molar-refractivity contribution in [3.63, 3.8) is 0 Å². The number of piperidine rings is 1. The van der Waals surface area contributed by atoms with Gasteiger partial charge in [-0.15, -0.1) is 0 Å². The molecular formula is C24H24N2O4.